The summed E-state index contributed by atoms with van der Waals surface area (Å²) in [4.78, 5) is 16.1. The first-order valence-corrected chi connectivity index (χ1v) is 6.89. The van der Waals surface area contributed by atoms with Gasteiger partial charge in [-0.05, 0) is 19.1 Å². The minimum absolute atomic E-state index is 0.0483. The first kappa shape index (κ1) is 13.5. The summed E-state index contributed by atoms with van der Waals surface area (Å²) in [5.74, 6) is 1.33. The Morgan fingerprint density at radius 2 is 2.19 bits per heavy atom. The summed E-state index contributed by atoms with van der Waals surface area (Å²) in [5, 5.41) is 2.88. The number of amides is 1. The van der Waals surface area contributed by atoms with Gasteiger partial charge in [-0.3, -0.25) is 4.79 Å². The lowest BCUT2D eigenvalue weighted by Gasteiger charge is -2.19. The number of carbonyl (C=O) groups excluding carboxylic acids is 1. The Morgan fingerprint density at radius 3 is 2.95 bits per heavy atom. The molecule has 0 saturated carbocycles. The lowest BCUT2D eigenvalue weighted by atomic mass is 10.2. The molecule has 6 nitrogen and oxygen atoms in total. The number of imidazole rings is 1. The van der Waals surface area contributed by atoms with E-state index in [2.05, 4.69) is 10.3 Å². The maximum atomic E-state index is 12.1. The number of anilines is 1. The molecule has 0 spiro atoms. The van der Waals surface area contributed by atoms with Crippen LogP contribution in [-0.2, 0) is 4.79 Å². The Bertz CT molecular complexity index is 625. The number of nitrogens with one attached hydrogen (secondary N) is 1. The van der Waals surface area contributed by atoms with Gasteiger partial charge in [0.1, 0.15) is 13.2 Å². The third kappa shape index (κ3) is 3.16. The fourth-order valence-electron chi connectivity index (χ4n) is 2.24. The second kappa shape index (κ2) is 5.87. The Kier molecular flexibility index (Phi) is 3.77. The van der Waals surface area contributed by atoms with Gasteiger partial charge in [-0.2, -0.15) is 0 Å². The molecule has 1 aromatic heterocycles. The number of aromatic nitrogens is 2. The number of rotatable bonds is 4. The summed E-state index contributed by atoms with van der Waals surface area (Å²) in [7, 11) is 0. The van der Waals surface area contributed by atoms with E-state index in [9.17, 15) is 4.79 Å². The van der Waals surface area contributed by atoms with Gasteiger partial charge in [0.25, 0.3) is 0 Å². The van der Waals surface area contributed by atoms with Crippen LogP contribution in [0.25, 0.3) is 0 Å². The molecule has 1 N–H and O–H groups in total. The molecule has 0 fully saturated rings. The van der Waals surface area contributed by atoms with Crippen molar-refractivity contribution in [2.24, 2.45) is 0 Å². The van der Waals surface area contributed by atoms with Gasteiger partial charge < -0.3 is 19.4 Å². The second-order valence-electron chi connectivity index (χ2n) is 4.97. The van der Waals surface area contributed by atoms with Crippen LogP contribution in [0.3, 0.4) is 0 Å². The van der Waals surface area contributed by atoms with Crippen LogP contribution in [0.5, 0.6) is 11.5 Å². The normalized spacial score (nSPS) is 14.5. The Balaban J connectivity index is 1.62. The van der Waals surface area contributed by atoms with Crippen LogP contribution in [-0.4, -0.2) is 28.7 Å². The zero-order valence-electron chi connectivity index (χ0n) is 11.8. The predicted octanol–water partition coefficient (Wildman–Crippen LogP) is 2.24. The minimum Gasteiger partial charge on any atom is -0.486 e. The van der Waals surface area contributed by atoms with Crippen LogP contribution in [0.1, 0.15) is 19.4 Å². The molecule has 1 aromatic carbocycles. The van der Waals surface area contributed by atoms with Crippen LogP contribution in [0.4, 0.5) is 5.69 Å². The highest BCUT2D eigenvalue weighted by molar-refractivity contribution is 5.91. The van der Waals surface area contributed by atoms with Crippen LogP contribution >= 0.6 is 0 Å². The van der Waals surface area contributed by atoms with Crippen molar-refractivity contribution in [1.29, 1.82) is 0 Å². The molecule has 2 aromatic rings. The van der Waals surface area contributed by atoms with Gasteiger partial charge in [0, 0.05) is 36.6 Å². The van der Waals surface area contributed by atoms with Crippen molar-refractivity contribution in [2.75, 3.05) is 18.5 Å². The van der Waals surface area contributed by atoms with Crippen molar-refractivity contribution in [3.8, 4) is 11.5 Å². The van der Waals surface area contributed by atoms with Gasteiger partial charge in [-0.1, -0.05) is 0 Å². The maximum absolute atomic E-state index is 12.1. The lowest BCUT2D eigenvalue weighted by Crippen LogP contribution is -2.18. The predicted molar refractivity (Wildman–Crippen MR) is 77.6 cm³/mol. The number of nitrogens with zero attached hydrogens (tertiary/aromatic N) is 2. The molecule has 1 aliphatic rings. The number of hydrogen-bond donors (Lipinski definition) is 1. The molecule has 110 valence electrons. The largest absolute Gasteiger partial charge is 0.486 e. The van der Waals surface area contributed by atoms with Crippen molar-refractivity contribution in [1.82, 2.24) is 9.55 Å². The number of carbonyl (C=O) groups is 1. The number of hydrogen-bond acceptors (Lipinski definition) is 4. The van der Waals surface area contributed by atoms with Crippen molar-refractivity contribution < 1.29 is 14.3 Å². The summed E-state index contributed by atoms with van der Waals surface area (Å²) in [6.07, 6.45) is 5.64. The number of ether oxygens (including phenoxy) is 2. The fourth-order valence-corrected chi connectivity index (χ4v) is 2.24. The maximum Gasteiger partial charge on any atom is 0.226 e. The van der Waals surface area contributed by atoms with E-state index in [-0.39, 0.29) is 11.9 Å². The molecule has 21 heavy (non-hydrogen) atoms. The van der Waals surface area contributed by atoms with Crippen LogP contribution in [0.15, 0.2) is 36.9 Å². The van der Waals surface area contributed by atoms with Crippen LogP contribution < -0.4 is 14.8 Å². The summed E-state index contributed by atoms with van der Waals surface area (Å²) in [5.41, 5.74) is 0.710. The summed E-state index contributed by atoms with van der Waals surface area (Å²) < 4.78 is 12.9. The van der Waals surface area contributed by atoms with E-state index < -0.39 is 0 Å². The third-order valence-corrected chi connectivity index (χ3v) is 3.34. The first-order chi connectivity index (χ1) is 10.2. The van der Waals surface area contributed by atoms with Gasteiger partial charge in [0.05, 0.1) is 6.33 Å². The molecule has 1 atom stereocenters. The first-order valence-electron chi connectivity index (χ1n) is 6.89. The minimum atomic E-state index is -0.0483. The zero-order chi connectivity index (χ0) is 14.7. The monoisotopic (exact) mass is 287 g/mol. The van der Waals surface area contributed by atoms with E-state index >= 15 is 0 Å². The number of fused-ring (bicyclic) bond motifs is 1. The van der Waals surface area contributed by atoms with Crippen molar-refractivity contribution in [2.45, 2.75) is 19.4 Å². The van der Waals surface area contributed by atoms with Crippen LogP contribution in [0.2, 0.25) is 0 Å². The lowest BCUT2D eigenvalue weighted by molar-refractivity contribution is -0.116. The zero-order valence-corrected chi connectivity index (χ0v) is 11.8. The van der Waals surface area contributed by atoms with E-state index in [0.29, 0.717) is 36.8 Å². The molecule has 6 heteroatoms. The Hall–Kier alpha value is -2.50. The molecule has 0 aliphatic carbocycles. The Labute approximate surface area is 122 Å². The van der Waals surface area contributed by atoms with Crippen molar-refractivity contribution in [3.05, 3.63) is 36.9 Å². The van der Waals surface area contributed by atoms with E-state index in [1.165, 1.54) is 0 Å². The van der Waals surface area contributed by atoms with Crippen molar-refractivity contribution >= 4 is 11.6 Å². The number of benzene rings is 1. The topological polar surface area (TPSA) is 65.4 Å². The molecule has 1 aliphatic heterocycles. The highest BCUT2D eigenvalue weighted by atomic mass is 16.6. The van der Waals surface area contributed by atoms with E-state index in [0.717, 1.165) is 0 Å². The van der Waals surface area contributed by atoms with E-state index in [1.807, 2.05) is 29.8 Å². The standard InChI is InChI=1S/C15H17N3O3/c1-11(18-5-4-16-10-18)8-15(19)17-12-2-3-13-14(9-12)21-7-6-20-13/h2-5,9-11H,6-8H2,1H3,(H,17,19). The molecule has 0 saturated heterocycles. The third-order valence-electron chi connectivity index (χ3n) is 3.34. The van der Waals surface area contributed by atoms with Gasteiger partial charge >= 0.3 is 0 Å². The molecule has 1 unspecified atom stereocenters. The van der Waals surface area contributed by atoms with Crippen molar-refractivity contribution in [3.63, 3.8) is 0 Å². The molecular weight excluding hydrogens is 270 g/mol. The van der Waals surface area contributed by atoms with E-state index in [4.69, 9.17) is 9.47 Å². The highest BCUT2D eigenvalue weighted by Crippen LogP contribution is 2.32. The quantitative estimate of drug-likeness (QED) is 0.936. The second-order valence-corrected chi connectivity index (χ2v) is 4.97. The van der Waals surface area contributed by atoms with Gasteiger partial charge in [-0.25, -0.2) is 4.98 Å². The SMILES string of the molecule is CC(CC(=O)Nc1ccc2c(c1)OCCO2)n1ccnc1. The summed E-state index contributed by atoms with van der Waals surface area (Å²) in [6.45, 7) is 3.06. The van der Waals surface area contributed by atoms with Gasteiger partial charge in [0.15, 0.2) is 11.5 Å². The summed E-state index contributed by atoms with van der Waals surface area (Å²) >= 11 is 0. The molecule has 2 heterocycles. The van der Waals surface area contributed by atoms with Crippen LogP contribution in [0, 0.1) is 0 Å². The van der Waals surface area contributed by atoms with E-state index in [1.54, 1.807) is 18.6 Å². The average molecular weight is 287 g/mol. The molecule has 0 bridgehead atoms. The fraction of sp³-hybridized carbons (Fsp3) is 0.333. The van der Waals surface area contributed by atoms with Gasteiger partial charge in [0.2, 0.25) is 5.91 Å². The molecule has 0 radical (unpaired) electrons. The Morgan fingerprint density at radius 1 is 1.38 bits per heavy atom. The molecule has 1 amide bonds. The average Bonchev–Trinajstić information content (AvgIpc) is 3.01. The molecular formula is C15H17N3O3. The van der Waals surface area contributed by atoms with Gasteiger partial charge in [-0.15, -0.1) is 0 Å². The molecule has 3 rings (SSSR count). The summed E-state index contributed by atoms with van der Waals surface area (Å²) in [6, 6.07) is 5.47. The smallest absolute Gasteiger partial charge is 0.226 e. The highest BCUT2D eigenvalue weighted by Gasteiger charge is 2.14.